The Balaban J connectivity index is 1.80. The van der Waals surface area contributed by atoms with Crippen molar-refractivity contribution < 1.29 is 14.3 Å². The van der Waals surface area contributed by atoms with Gasteiger partial charge in [0.05, 0.1) is 6.10 Å². The monoisotopic (exact) mass is 479 g/mol. The number of allylic oxidation sites excluding steroid dienone is 2. The van der Waals surface area contributed by atoms with E-state index in [1.807, 2.05) is 63.2 Å². The van der Waals surface area contributed by atoms with Gasteiger partial charge >= 0.3 is 5.97 Å². The number of carbonyl (C=O) groups is 2. The molecule has 1 aliphatic carbocycles. The maximum absolute atomic E-state index is 13.5. The zero-order chi connectivity index (χ0) is 22.1. The van der Waals surface area contributed by atoms with Gasteiger partial charge in [0.15, 0.2) is 5.78 Å². The lowest BCUT2D eigenvalue weighted by Crippen LogP contribution is -2.38. The number of esters is 1. The van der Waals surface area contributed by atoms with Gasteiger partial charge in [-0.05, 0) is 56.4 Å². The number of carbonyl (C=O) groups excluding carboxylic acids is 2. The van der Waals surface area contributed by atoms with Crippen LogP contribution in [-0.4, -0.2) is 23.6 Å². The summed E-state index contributed by atoms with van der Waals surface area (Å²) >= 11 is 3.54. The van der Waals surface area contributed by atoms with E-state index in [0.717, 1.165) is 21.3 Å². The van der Waals surface area contributed by atoms with E-state index in [-0.39, 0.29) is 29.7 Å². The summed E-state index contributed by atoms with van der Waals surface area (Å²) in [4.78, 5) is 31.4. The van der Waals surface area contributed by atoms with Crippen molar-refractivity contribution in [1.82, 2.24) is 0 Å². The van der Waals surface area contributed by atoms with Crippen LogP contribution in [0.5, 0.6) is 0 Å². The van der Waals surface area contributed by atoms with E-state index < -0.39 is 5.92 Å². The predicted molar refractivity (Wildman–Crippen MR) is 125 cm³/mol. The Labute approximate surface area is 191 Å². The molecule has 4 rings (SSSR count). The normalized spacial score (nSPS) is 23.5. The van der Waals surface area contributed by atoms with Crippen LogP contribution in [0.2, 0.25) is 0 Å². The quantitative estimate of drug-likeness (QED) is 0.507. The van der Waals surface area contributed by atoms with Gasteiger partial charge in [-0.3, -0.25) is 14.6 Å². The van der Waals surface area contributed by atoms with E-state index in [1.165, 1.54) is 0 Å². The standard InChI is InChI=1S/C26H26BrNO3/c1-15(2)31-26(30)23-16(3)28-21-13-19(17-8-5-4-6-9-17)14-22(29)25(21)24(23)18-10-7-11-20(27)12-18/h4-12,15,19,23-24H,13-14H2,1-3H3/t19-,23?,24-/m0/s1. The van der Waals surface area contributed by atoms with Crippen LogP contribution in [0.15, 0.2) is 75.3 Å². The van der Waals surface area contributed by atoms with Gasteiger partial charge in [-0.15, -0.1) is 0 Å². The highest BCUT2D eigenvalue weighted by Crippen LogP contribution is 2.47. The lowest BCUT2D eigenvalue weighted by molar-refractivity contribution is -0.150. The minimum atomic E-state index is -0.604. The van der Waals surface area contributed by atoms with Crippen molar-refractivity contribution in [2.45, 2.75) is 51.6 Å². The summed E-state index contributed by atoms with van der Waals surface area (Å²) in [7, 11) is 0. The Hall–Kier alpha value is -2.53. The molecule has 0 N–H and O–H groups in total. The van der Waals surface area contributed by atoms with Crippen LogP contribution in [-0.2, 0) is 14.3 Å². The zero-order valence-corrected chi connectivity index (χ0v) is 19.6. The molecule has 2 aromatic carbocycles. The Kier molecular flexibility index (Phi) is 6.24. The molecule has 0 saturated carbocycles. The number of aliphatic imine (C=N–C) groups is 1. The number of ether oxygens (including phenoxy) is 1. The summed E-state index contributed by atoms with van der Waals surface area (Å²) in [5.74, 6) is -1.15. The molecule has 1 unspecified atom stereocenters. The Bertz CT molecular complexity index is 1070. The van der Waals surface area contributed by atoms with E-state index in [1.54, 1.807) is 0 Å². The number of hydrogen-bond donors (Lipinski definition) is 0. The van der Waals surface area contributed by atoms with E-state index in [4.69, 9.17) is 9.73 Å². The average Bonchev–Trinajstić information content (AvgIpc) is 2.72. The smallest absolute Gasteiger partial charge is 0.315 e. The molecule has 31 heavy (non-hydrogen) atoms. The van der Waals surface area contributed by atoms with Crippen LogP contribution in [0.3, 0.4) is 0 Å². The van der Waals surface area contributed by atoms with Crippen LogP contribution in [0.1, 0.15) is 56.6 Å². The molecule has 1 heterocycles. The van der Waals surface area contributed by atoms with Gasteiger partial charge in [0.1, 0.15) is 5.92 Å². The zero-order valence-electron chi connectivity index (χ0n) is 18.0. The van der Waals surface area contributed by atoms with Gasteiger partial charge in [-0.25, -0.2) is 0 Å². The average molecular weight is 480 g/mol. The van der Waals surface area contributed by atoms with E-state index in [2.05, 4.69) is 28.1 Å². The first kappa shape index (κ1) is 21.7. The van der Waals surface area contributed by atoms with Crippen LogP contribution < -0.4 is 0 Å². The Morgan fingerprint density at radius 2 is 1.77 bits per heavy atom. The number of Topliss-reactive ketones (excluding diaryl/α,β-unsaturated/α-hetero) is 1. The van der Waals surface area contributed by atoms with Gasteiger partial charge < -0.3 is 4.74 Å². The predicted octanol–water partition coefficient (Wildman–Crippen LogP) is 5.98. The van der Waals surface area contributed by atoms with Gasteiger partial charge in [-0.1, -0.05) is 58.4 Å². The third-order valence-electron chi connectivity index (χ3n) is 5.97. The summed E-state index contributed by atoms with van der Waals surface area (Å²) in [5, 5.41) is 0. The van der Waals surface area contributed by atoms with Crippen LogP contribution in [0, 0.1) is 5.92 Å². The van der Waals surface area contributed by atoms with E-state index in [0.29, 0.717) is 24.1 Å². The number of nitrogens with zero attached hydrogens (tertiary/aromatic N) is 1. The van der Waals surface area contributed by atoms with Gasteiger partial charge in [0.25, 0.3) is 0 Å². The molecule has 1 aliphatic heterocycles. The van der Waals surface area contributed by atoms with Gasteiger partial charge in [0, 0.05) is 33.8 Å². The second-order valence-electron chi connectivity index (χ2n) is 8.55. The molecule has 5 heteroatoms. The first-order valence-electron chi connectivity index (χ1n) is 10.7. The summed E-state index contributed by atoms with van der Waals surface area (Å²) in [6.45, 7) is 5.54. The van der Waals surface area contributed by atoms with Crippen molar-refractivity contribution >= 4 is 33.4 Å². The second kappa shape index (κ2) is 8.91. The molecule has 0 aromatic heterocycles. The molecule has 4 nitrogen and oxygen atoms in total. The summed E-state index contributed by atoms with van der Waals surface area (Å²) in [6, 6.07) is 18.0. The molecule has 0 spiro atoms. The molecule has 0 amide bonds. The number of ketones is 1. The maximum atomic E-state index is 13.5. The summed E-state index contributed by atoms with van der Waals surface area (Å²) in [6.07, 6.45) is 0.885. The number of rotatable bonds is 4. The third kappa shape index (κ3) is 4.42. The minimum Gasteiger partial charge on any atom is -0.462 e. The number of halogens is 1. The third-order valence-corrected chi connectivity index (χ3v) is 6.47. The van der Waals surface area contributed by atoms with Crippen molar-refractivity contribution in [1.29, 1.82) is 0 Å². The van der Waals surface area contributed by atoms with Gasteiger partial charge in [0.2, 0.25) is 0 Å². The molecule has 2 aromatic rings. The maximum Gasteiger partial charge on any atom is 0.315 e. The SMILES string of the molecule is CC1=NC2=C(C(=O)C[C@@H](c3ccccc3)C2)[C@@H](c2cccc(Br)c2)C1C(=O)OC(C)C. The second-order valence-corrected chi connectivity index (χ2v) is 9.46. The minimum absolute atomic E-state index is 0.0682. The molecular weight excluding hydrogens is 454 g/mol. The molecule has 3 atom stereocenters. The fourth-order valence-electron chi connectivity index (χ4n) is 4.69. The van der Waals surface area contributed by atoms with Crippen molar-refractivity contribution in [3.8, 4) is 0 Å². The first-order chi connectivity index (χ1) is 14.8. The molecule has 160 valence electrons. The molecule has 0 bridgehead atoms. The van der Waals surface area contributed by atoms with Crippen molar-refractivity contribution in [2.75, 3.05) is 0 Å². The highest BCUT2D eigenvalue weighted by Gasteiger charge is 2.44. The molecular formula is C26H26BrNO3. The van der Waals surface area contributed by atoms with Crippen LogP contribution in [0.25, 0.3) is 0 Å². The molecule has 0 fully saturated rings. The summed E-state index contributed by atoms with van der Waals surface area (Å²) in [5.41, 5.74) is 4.25. The molecule has 0 radical (unpaired) electrons. The van der Waals surface area contributed by atoms with E-state index >= 15 is 0 Å². The van der Waals surface area contributed by atoms with Crippen molar-refractivity contribution in [2.24, 2.45) is 10.9 Å². The summed E-state index contributed by atoms with van der Waals surface area (Å²) < 4.78 is 6.49. The Morgan fingerprint density at radius 3 is 2.45 bits per heavy atom. The first-order valence-corrected chi connectivity index (χ1v) is 11.5. The van der Waals surface area contributed by atoms with Gasteiger partial charge in [-0.2, -0.15) is 0 Å². The lowest BCUT2D eigenvalue weighted by atomic mass is 9.69. The molecule has 2 aliphatic rings. The van der Waals surface area contributed by atoms with Crippen LogP contribution in [0.4, 0.5) is 0 Å². The van der Waals surface area contributed by atoms with Crippen molar-refractivity contribution in [3.63, 3.8) is 0 Å². The highest BCUT2D eigenvalue weighted by atomic mass is 79.9. The lowest BCUT2D eigenvalue weighted by Gasteiger charge is -2.36. The number of benzene rings is 2. The number of hydrogen-bond acceptors (Lipinski definition) is 4. The fourth-order valence-corrected chi connectivity index (χ4v) is 5.11. The van der Waals surface area contributed by atoms with Crippen LogP contribution >= 0.6 is 15.9 Å². The van der Waals surface area contributed by atoms with E-state index in [9.17, 15) is 9.59 Å². The fraction of sp³-hybridized carbons (Fsp3) is 0.346. The molecule has 0 saturated heterocycles. The largest absolute Gasteiger partial charge is 0.462 e. The van der Waals surface area contributed by atoms with Crippen molar-refractivity contribution in [3.05, 3.63) is 81.5 Å². The Morgan fingerprint density at radius 1 is 1.06 bits per heavy atom. The topological polar surface area (TPSA) is 55.7 Å². The highest BCUT2D eigenvalue weighted by molar-refractivity contribution is 9.10.